The Bertz CT molecular complexity index is 409. The van der Waals surface area contributed by atoms with Gasteiger partial charge in [0.2, 0.25) is 5.88 Å². The summed E-state index contributed by atoms with van der Waals surface area (Å²) in [6, 6.07) is 0. The highest BCUT2D eigenvalue weighted by atomic mass is 16.5. The summed E-state index contributed by atoms with van der Waals surface area (Å²) in [5, 5.41) is 9.52. The van der Waals surface area contributed by atoms with Crippen LogP contribution in [0.25, 0.3) is 0 Å². The Kier molecular flexibility index (Phi) is 4.37. The van der Waals surface area contributed by atoms with Crippen molar-refractivity contribution in [3.05, 3.63) is 18.1 Å². The van der Waals surface area contributed by atoms with Gasteiger partial charge in [0, 0.05) is 32.0 Å². The fourth-order valence-corrected chi connectivity index (χ4v) is 2.13. The number of rotatable bonds is 3. The van der Waals surface area contributed by atoms with Gasteiger partial charge in [-0.1, -0.05) is 0 Å². The van der Waals surface area contributed by atoms with Crippen molar-refractivity contribution < 1.29 is 9.84 Å². The Hall–Kier alpha value is -1.20. The van der Waals surface area contributed by atoms with Crippen LogP contribution in [0.2, 0.25) is 0 Å². The molecule has 2 heterocycles. The molecule has 106 valence electrons. The molecule has 0 amide bonds. The summed E-state index contributed by atoms with van der Waals surface area (Å²) >= 11 is 0. The van der Waals surface area contributed by atoms with E-state index in [1.807, 2.05) is 20.8 Å². The standard InChI is InChI=1S/C14H23N3O2/c1-14(2,3)19-13-12(15-6-7-16-13)10-17-8-4-11(18)5-9-17/h6-7,11,18H,4-5,8-10H2,1-3H3. The van der Waals surface area contributed by atoms with Gasteiger partial charge in [-0.05, 0) is 33.6 Å². The van der Waals surface area contributed by atoms with E-state index in [0.717, 1.165) is 38.2 Å². The minimum atomic E-state index is -0.275. The molecule has 2 rings (SSSR count). The molecule has 0 aromatic carbocycles. The topological polar surface area (TPSA) is 58.5 Å². The van der Waals surface area contributed by atoms with E-state index in [1.54, 1.807) is 12.4 Å². The van der Waals surface area contributed by atoms with Crippen LogP contribution < -0.4 is 4.74 Å². The molecule has 5 heteroatoms. The van der Waals surface area contributed by atoms with E-state index in [-0.39, 0.29) is 11.7 Å². The van der Waals surface area contributed by atoms with Crippen molar-refractivity contribution in [3.63, 3.8) is 0 Å². The second-order valence-electron chi connectivity index (χ2n) is 6.03. The fourth-order valence-electron chi connectivity index (χ4n) is 2.13. The van der Waals surface area contributed by atoms with Crippen LogP contribution in [-0.2, 0) is 6.54 Å². The van der Waals surface area contributed by atoms with Crippen LogP contribution in [0.3, 0.4) is 0 Å². The average molecular weight is 265 g/mol. The zero-order chi connectivity index (χ0) is 13.9. The molecule has 0 unspecified atom stereocenters. The molecule has 1 aromatic rings. The van der Waals surface area contributed by atoms with Crippen molar-refractivity contribution in [1.29, 1.82) is 0 Å². The van der Waals surface area contributed by atoms with Crippen LogP contribution in [0.1, 0.15) is 39.3 Å². The summed E-state index contributed by atoms with van der Waals surface area (Å²) < 4.78 is 5.85. The highest BCUT2D eigenvalue weighted by Crippen LogP contribution is 2.21. The van der Waals surface area contributed by atoms with Crippen molar-refractivity contribution in [2.75, 3.05) is 13.1 Å². The smallest absolute Gasteiger partial charge is 0.237 e. The van der Waals surface area contributed by atoms with Gasteiger partial charge in [-0.2, -0.15) is 0 Å². The molecule has 1 N–H and O–H groups in total. The van der Waals surface area contributed by atoms with E-state index in [2.05, 4.69) is 14.9 Å². The van der Waals surface area contributed by atoms with Crippen LogP contribution in [-0.4, -0.2) is 44.8 Å². The number of ether oxygens (including phenoxy) is 1. The maximum Gasteiger partial charge on any atom is 0.237 e. The second kappa shape index (κ2) is 5.84. The van der Waals surface area contributed by atoms with E-state index in [4.69, 9.17) is 4.74 Å². The minimum absolute atomic E-state index is 0.150. The first-order valence-electron chi connectivity index (χ1n) is 6.83. The number of hydrogen-bond donors (Lipinski definition) is 1. The van der Waals surface area contributed by atoms with Crippen molar-refractivity contribution >= 4 is 0 Å². The number of piperidine rings is 1. The Morgan fingerprint density at radius 3 is 2.53 bits per heavy atom. The third kappa shape index (κ3) is 4.44. The summed E-state index contributed by atoms with van der Waals surface area (Å²) in [5.41, 5.74) is 0.594. The lowest BCUT2D eigenvalue weighted by atomic mass is 10.1. The van der Waals surface area contributed by atoms with Gasteiger partial charge >= 0.3 is 0 Å². The summed E-state index contributed by atoms with van der Waals surface area (Å²) in [6.45, 7) is 8.53. The number of aromatic nitrogens is 2. The highest BCUT2D eigenvalue weighted by molar-refractivity contribution is 5.18. The van der Waals surface area contributed by atoms with E-state index < -0.39 is 0 Å². The van der Waals surface area contributed by atoms with Crippen molar-refractivity contribution in [3.8, 4) is 5.88 Å². The van der Waals surface area contributed by atoms with Gasteiger partial charge in [-0.15, -0.1) is 0 Å². The molecule has 0 saturated carbocycles. The Morgan fingerprint density at radius 2 is 1.89 bits per heavy atom. The number of nitrogens with zero attached hydrogens (tertiary/aromatic N) is 3. The molecule has 1 aromatic heterocycles. The van der Waals surface area contributed by atoms with Crippen molar-refractivity contribution in [1.82, 2.24) is 14.9 Å². The zero-order valence-corrected chi connectivity index (χ0v) is 12.0. The predicted octanol–water partition coefficient (Wildman–Crippen LogP) is 1.61. The molecule has 0 spiro atoms. The SMILES string of the molecule is CC(C)(C)Oc1nccnc1CN1CCC(O)CC1. The molecule has 5 nitrogen and oxygen atoms in total. The Morgan fingerprint density at radius 1 is 1.26 bits per heavy atom. The molecule has 1 fully saturated rings. The number of hydrogen-bond acceptors (Lipinski definition) is 5. The van der Waals surface area contributed by atoms with Crippen molar-refractivity contribution in [2.24, 2.45) is 0 Å². The first kappa shape index (κ1) is 14.2. The van der Waals surface area contributed by atoms with E-state index in [1.165, 1.54) is 0 Å². The molecule has 1 aliphatic heterocycles. The molecule has 19 heavy (non-hydrogen) atoms. The van der Waals surface area contributed by atoms with E-state index >= 15 is 0 Å². The lowest BCUT2D eigenvalue weighted by molar-refractivity contribution is 0.0760. The zero-order valence-electron chi connectivity index (χ0n) is 12.0. The lowest BCUT2D eigenvalue weighted by Crippen LogP contribution is -2.36. The average Bonchev–Trinajstić information content (AvgIpc) is 2.33. The van der Waals surface area contributed by atoms with E-state index in [0.29, 0.717) is 5.88 Å². The largest absolute Gasteiger partial charge is 0.471 e. The normalized spacial score (nSPS) is 18.5. The summed E-state index contributed by atoms with van der Waals surface area (Å²) in [4.78, 5) is 11.0. The predicted molar refractivity (Wildman–Crippen MR) is 72.9 cm³/mol. The Labute approximate surface area is 114 Å². The summed E-state index contributed by atoms with van der Waals surface area (Å²) in [7, 11) is 0. The summed E-state index contributed by atoms with van der Waals surface area (Å²) in [6.07, 6.45) is 4.86. The van der Waals surface area contributed by atoms with Gasteiger partial charge in [0.25, 0.3) is 0 Å². The molecule has 1 saturated heterocycles. The molecular weight excluding hydrogens is 242 g/mol. The first-order valence-corrected chi connectivity index (χ1v) is 6.83. The first-order chi connectivity index (χ1) is 8.94. The van der Waals surface area contributed by atoms with Crippen LogP contribution in [0.4, 0.5) is 0 Å². The van der Waals surface area contributed by atoms with Crippen LogP contribution >= 0.6 is 0 Å². The number of aliphatic hydroxyl groups excluding tert-OH is 1. The van der Waals surface area contributed by atoms with Crippen LogP contribution in [0.15, 0.2) is 12.4 Å². The Balaban J connectivity index is 2.03. The van der Waals surface area contributed by atoms with Gasteiger partial charge in [0.15, 0.2) is 0 Å². The molecule has 1 aliphatic rings. The monoisotopic (exact) mass is 265 g/mol. The van der Waals surface area contributed by atoms with Crippen LogP contribution in [0, 0.1) is 0 Å². The fraction of sp³-hybridized carbons (Fsp3) is 0.714. The second-order valence-corrected chi connectivity index (χ2v) is 6.03. The summed E-state index contributed by atoms with van der Waals surface area (Å²) in [5.74, 6) is 0.612. The van der Waals surface area contributed by atoms with Crippen LogP contribution in [0.5, 0.6) is 5.88 Å². The highest BCUT2D eigenvalue weighted by Gasteiger charge is 2.21. The third-order valence-corrected chi connectivity index (χ3v) is 3.07. The third-order valence-electron chi connectivity index (χ3n) is 3.07. The quantitative estimate of drug-likeness (QED) is 0.899. The molecule has 0 radical (unpaired) electrons. The van der Waals surface area contributed by atoms with Gasteiger partial charge in [-0.3, -0.25) is 9.88 Å². The van der Waals surface area contributed by atoms with Gasteiger partial charge in [0.05, 0.1) is 6.10 Å². The maximum atomic E-state index is 9.52. The van der Waals surface area contributed by atoms with Crippen molar-refractivity contribution in [2.45, 2.75) is 51.9 Å². The van der Waals surface area contributed by atoms with E-state index in [9.17, 15) is 5.11 Å². The maximum absolute atomic E-state index is 9.52. The lowest BCUT2D eigenvalue weighted by Gasteiger charge is -2.30. The number of aliphatic hydroxyl groups is 1. The van der Waals surface area contributed by atoms with Gasteiger partial charge in [-0.25, -0.2) is 4.98 Å². The minimum Gasteiger partial charge on any atom is -0.471 e. The number of likely N-dealkylation sites (tertiary alicyclic amines) is 1. The molecule has 0 aliphatic carbocycles. The molecular formula is C14H23N3O2. The molecule has 0 bridgehead atoms. The van der Waals surface area contributed by atoms with Gasteiger partial charge in [0.1, 0.15) is 11.3 Å². The van der Waals surface area contributed by atoms with Gasteiger partial charge < -0.3 is 9.84 Å². The molecule has 0 atom stereocenters.